The average Bonchev–Trinajstić information content (AvgIpc) is 2.21. The molecule has 88 valence electrons. The maximum atomic E-state index is 11.3. The Balaban J connectivity index is 2.42. The number of halogens is 1. The lowest BCUT2D eigenvalue weighted by Crippen LogP contribution is -2.27. The first kappa shape index (κ1) is 13.2. The first-order valence-corrected chi connectivity index (χ1v) is 5.43. The van der Waals surface area contributed by atoms with Crippen molar-refractivity contribution in [3.05, 3.63) is 34.9 Å². The first-order chi connectivity index (χ1) is 7.61. The summed E-state index contributed by atoms with van der Waals surface area (Å²) < 4.78 is 4.78. The molecule has 0 N–H and O–H groups in total. The number of nitrogens with zero attached hydrogens (tertiary/aromatic N) is 1. The predicted octanol–water partition coefficient (Wildman–Crippen LogP) is 1.99. The molecule has 0 bridgehead atoms. The number of carbonyl (C=O) groups excluding carboxylic acids is 1. The molecular weight excluding hydrogens is 226 g/mol. The van der Waals surface area contributed by atoms with Gasteiger partial charge in [0.05, 0.1) is 6.54 Å². The minimum atomic E-state index is 0.0824. The van der Waals surface area contributed by atoms with E-state index < -0.39 is 0 Å². The smallest absolute Gasteiger partial charge is 0.172 e. The van der Waals surface area contributed by atoms with Gasteiger partial charge in [-0.1, -0.05) is 23.7 Å². The molecule has 16 heavy (non-hydrogen) atoms. The topological polar surface area (TPSA) is 29.5 Å². The molecule has 3 nitrogen and oxygen atoms in total. The van der Waals surface area contributed by atoms with Crippen LogP contribution >= 0.6 is 11.6 Å². The van der Waals surface area contributed by atoms with Crippen molar-refractivity contribution in [2.75, 3.05) is 27.3 Å². The summed E-state index contributed by atoms with van der Waals surface area (Å²) in [4.78, 5) is 13.3. The molecule has 0 amide bonds. The maximum absolute atomic E-state index is 11.3. The monoisotopic (exact) mass is 241 g/mol. The van der Waals surface area contributed by atoms with Crippen molar-refractivity contribution in [2.24, 2.45) is 0 Å². The van der Waals surface area contributed by atoms with Crippen LogP contribution < -0.4 is 0 Å². The molecule has 0 saturated carbocycles. The van der Waals surface area contributed by atoms with Gasteiger partial charge in [0.2, 0.25) is 0 Å². The number of rotatable bonds is 6. The Morgan fingerprint density at radius 3 is 2.56 bits per heavy atom. The maximum Gasteiger partial charge on any atom is 0.172 e. The van der Waals surface area contributed by atoms with Crippen LogP contribution in [0.25, 0.3) is 0 Å². The molecule has 0 fully saturated rings. The Kier molecular flexibility index (Phi) is 5.46. The van der Waals surface area contributed by atoms with Crippen LogP contribution in [-0.2, 0) is 16.1 Å². The minimum absolute atomic E-state index is 0.0824. The Morgan fingerprint density at radius 1 is 1.38 bits per heavy atom. The molecule has 0 aromatic heterocycles. The lowest BCUT2D eigenvalue weighted by Gasteiger charge is -2.15. The number of hydrogen-bond donors (Lipinski definition) is 0. The predicted molar refractivity (Wildman–Crippen MR) is 64.7 cm³/mol. The second-order valence-electron chi connectivity index (χ2n) is 3.77. The molecular formula is C12H16ClNO2. The number of hydrogen-bond acceptors (Lipinski definition) is 3. The number of benzene rings is 1. The van der Waals surface area contributed by atoms with Crippen LogP contribution in [0.1, 0.15) is 5.56 Å². The summed E-state index contributed by atoms with van der Waals surface area (Å²) in [6, 6.07) is 7.61. The molecule has 1 aromatic carbocycles. The number of ketones is 1. The Labute approximate surface area is 101 Å². The molecule has 0 spiro atoms. The Morgan fingerprint density at radius 2 is 2.00 bits per heavy atom. The van der Waals surface area contributed by atoms with Crippen LogP contribution in [0, 0.1) is 0 Å². The second kappa shape index (κ2) is 6.63. The Hall–Kier alpha value is -0.900. The highest BCUT2D eigenvalue weighted by Crippen LogP contribution is 2.10. The van der Waals surface area contributed by atoms with Gasteiger partial charge in [-0.05, 0) is 24.7 Å². The normalized spacial score (nSPS) is 10.8. The van der Waals surface area contributed by atoms with Gasteiger partial charge in [-0.15, -0.1) is 0 Å². The molecule has 0 aliphatic rings. The van der Waals surface area contributed by atoms with Crippen LogP contribution in [0.5, 0.6) is 0 Å². The number of likely N-dealkylation sites (N-methyl/N-ethyl adjacent to an activating group) is 1. The van der Waals surface area contributed by atoms with Crippen molar-refractivity contribution >= 4 is 17.4 Å². The summed E-state index contributed by atoms with van der Waals surface area (Å²) in [6.45, 7) is 1.30. The molecule has 0 unspecified atom stereocenters. The second-order valence-corrected chi connectivity index (χ2v) is 4.21. The summed E-state index contributed by atoms with van der Waals surface area (Å²) in [7, 11) is 3.43. The lowest BCUT2D eigenvalue weighted by molar-refractivity contribution is -0.123. The van der Waals surface area contributed by atoms with Gasteiger partial charge in [0, 0.05) is 18.7 Å². The van der Waals surface area contributed by atoms with E-state index in [1.54, 1.807) is 0 Å². The van der Waals surface area contributed by atoms with Crippen molar-refractivity contribution in [1.29, 1.82) is 0 Å². The van der Waals surface area contributed by atoms with Crippen LogP contribution in [0.4, 0.5) is 0 Å². The molecule has 1 aromatic rings. The minimum Gasteiger partial charge on any atom is -0.377 e. The van der Waals surface area contributed by atoms with Crippen LogP contribution in [-0.4, -0.2) is 38.0 Å². The van der Waals surface area contributed by atoms with E-state index in [2.05, 4.69) is 0 Å². The van der Waals surface area contributed by atoms with Gasteiger partial charge in [-0.2, -0.15) is 0 Å². The van der Waals surface area contributed by atoms with Crippen molar-refractivity contribution < 1.29 is 9.53 Å². The zero-order valence-corrected chi connectivity index (χ0v) is 10.3. The molecule has 0 radical (unpaired) electrons. The van der Waals surface area contributed by atoms with E-state index in [9.17, 15) is 4.79 Å². The van der Waals surface area contributed by atoms with Crippen LogP contribution in [0.15, 0.2) is 24.3 Å². The van der Waals surface area contributed by atoms with Gasteiger partial charge < -0.3 is 4.74 Å². The fourth-order valence-electron chi connectivity index (χ4n) is 1.47. The van der Waals surface area contributed by atoms with Crippen LogP contribution in [0.2, 0.25) is 5.02 Å². The third-order valence-corrected chi connectivity index (χ3v) is 2.37. The van der Waals surface area contributed by atoms with Crippen molar-refractivity contribution in [2.45, 2.75) is 6.54 Å². The van der Waals surface area contributed by atoms with Gasteiger partial charge in [-0.3, -0.25) is 9.69 Å². The zero-order chi connectivity index (χ0) is 12.0. The molecule has 0 aliphatic heterocycles. The fraction of sp³-hybridized carbons (Fsp3) is 0.417. The van der Waals surface area contributed by atoms with Crippen molar-refractivity contribution in [3.8, 4) is 0 Å². The van der Waals surface area contributed by atoms with E-state index >= 15 is 0 Å². The highest BCUT2D eigenvalue weighted by molar-refractivity contribution is 6.30. The SMILES string of the molecule is COCC(=O)CN(C)Cc1ccc(Cl)cc1. The number of Topliss-reactive ketones (excluding diaryl/α,β-unsaturated/α-hetero) is 1. The third-order valence-electron chi connectivity index (χ3n) is 2.12. The summed E-state index contributed by atoms with van der Waals surface area (Å²) in [6.07, 6.45) is 0. The summed E-state index contributed by atoms with van der Waals surface area (Å²) >= 11 is 5.79. The van der Waals surface area contributed by atoms with Gasteiger partial charge in [0.25, 0.3) is 0 Å². The standard InChI is InChI=1S/C12H16ClNO2/c1-14(8-12(15)9-16-2)7-10-3-5-11(13)6-4-10/h3-6H,7-9H2,1-2H3. The van der Waals surface area contributed by atoms with E-state index in [-0.39, 0.29) is 12.4 Å². The molecule has 0 aliphatic carbocycles. The molecule has 0 heterocycles. The van der Waals surface area contributed by atoms with E-state index in [0.717, 1.165) is 17.1 Å². The third kappa shape index (κ3) is 4.75. The summed E-state index contributed by atoms with van der Waals surface area (Å²) in [5, 5.41) is 0.724. The zero-order valence-electron chi connectivity index (χ0n) is 9.57. The number of methoxy groups -OCH3 is 1. The van der Waals surface area contributed by atoms with E-state index in [1.807, 2.05) is 36.2 Å². The van der Waals surface area contributed by atoms with Gasteiger partial charge in [0.1, 0.15) is 6.61 Å². The van der Waals surface area contributed by atoms with E-state index in [1.165, 1.54) is 7.11 Å². The van der Waals surface area contributed by atoms with E-state index in [0.29, 0.717) is 6.54 Å². The first-order valence-electron chi connectivity index (χ1n) is 5.05. The fourth-order valence-corrected chi connectivity index (χ4v) is 1.59. The highest BCUT2D eigenvalue weighted by atomic mass is 35.5. The molecule has 1 rings (SSSR count). The Bertz CT molecular complexity index is 337. The average molecular weight is 242 g/mol. The number of ether oxygens (including phenoxy) is 1. The van der Waals surface area contributed by atoms with Gasteiger partial charge in [0.15, 0.2) is 5.78 Å². The van der Waals surface area contributed by atoms with E-state index in [4.69, 9.17) is 16.3 Å². The molecule has 0 atom stereocenters. The number of carbonyl (C=O) groups is 1. The lowest BCUT2D eigenvalue weighted by atomic mass is 10.2. The highest BCUT2D eigenvalue weighted by Gasteiger charge is 2.06. The van der Waals surface area contributed by atoms with Crippen molar-refractivity contribution in [3.63, 3.8) is 0 Å². The molecule has 4 heteroatoms. The summed E-state index contributed by atoms with van der Waals surface area (Å²) in [5.74, 6) is 0.0824. The molecule has 0 saturated heterocycles. The summed E-state index contributed by atoms with van der Waals surface area (Å²) in [5.41, 5.74) is 1.14. The quantitative estimate of drug-likeness (QED) is 0.763. The largest absolute Gasteiger partial charge is 0.377 e. The van der Waals surface area contributed by atoms with Crippen LogP contribution in [0.3, 0.4) is 0 Å². The van der Waals surface area contributed by atoms with Crippen molar-refractivity contribution in [1.82, 2.24) is 4.90 Å². The van der Waals surface area contributed by atoms with Gasteiger partial charge in [-0.25, -0.2) is 0 Å². The van der Waals surface area contributed by atoms with Gasteiger partial charge >= 0.3 is 0 Å².